The fraction of sp³-hybridized carbons (Fsp3) is 0.349. The van der Waals surface area contributed by atoms with E-state index in [2.05, 4.69) is 22.0 Å². The smallest absolute Gasteiger partial charge is 0.350 e. The van der Waals surface area contributed by atoms with Crippen molar-refractivity contribution in [1.29, 1.82) is 0 Å². The highest BCUT2D eigenvalue weighted by Crippen LogP contribution is 2.42. The minimum atomic E-state index is -4.50. The number of amides is 3. The van der Waals surface area contributed by atoms with Gasteiger partial charge in [0, 0.05) is 37.7 Å². The van der Waals surface area contributed by atoms with E-state index in [4.69, 9.17) is 28.1 Å². The summed E-state index contributed by atoms with van der Waals surface area (Å²) < 4.78 is 12.0. The van der Waals surface area contributed by atoms with E-state index in [0.29, 0.717) is 83.2 Å². The molecule has 13 nitrogen and oxygen atoms in total. The number of benzene rings is 3. The van der Waals surface area contributed by atoms with Gasteiger partial charge < -0.3 is 42.1 Å². The van der Waals surface area contributed by atoms with Crippen molar-refractivity contribution in [1.82, 2.24) is 25.8 Å². The van der Waals surface area contributed by atoms with Gasteiger partial charge in [-0.15, -0.1) is 0 Å². The lowest BCUT2D eigenvalue weighted by molar-refractivity contribution is -0.142. The average Bonchev–Trinajstić information content (AvgIpc) is 3.64. The van der Waals surface area contributed by atoms with Crippen LogP contribution in [0, 0.1) is 0 Å². The van der Waals surface area contributed by atoms with Crippen LogP contribution in [0.4, 0.5) is 0 Å². The van der Waals surface area contributed by atoms with Crippen LogP contribution in [-0.2, 0) is 38.5 Å². The Kier molecular flexibility index (Phi) is 15.2. The van der Waals surface area contributed by atoms with Crippen molar-refractivity contribution in [3.63, 3.8) is 0 Å². The molecule has 3 aromatic carbocycles. The van der Waals surface area contributed by atoms with E-state index >= 15 is 0 Å². The number of unbranched alkanes of at least 4 members (excludes halogenated alkanes) is 1. The number of halogens is 1. The van der Waals surface area contributed by atoms with E-state index in [1.807, 2.05) is 36.4 Å². The minimum Gasteiger partial charge on any atom is -0.350 e. The maximum Gasteiger partial charge on any atom is 0.356 e. The highest BCUT2D eigenvalue weighted by molar-refractivity contribution is 7.99. The van der Waals surface area contributed by atoms with Gasteiger partial charge in [-0.3, -0.25) is 18.9 Å². The summed E-state index contributed by atoms with van der Waals surface area (Å²) in [6, 6.07) is 18.7. The number of rotatable bonds is 11. The van der Waals surface area contributed by atoms with Gasteiger partial charge in [0.05, 0.1) is 16.4 Å². The fourth-order valence-corrected chi connectivity index (χ4v) is 9.38. The average molecular weight is 860 g/mol. The van der Waals surface area contributed by atoms with Crippen molar-refractivity contribution in [3.8, 4) is 11.1 Å². The fourth-order valence-electron chi connectivity index (χ4n) is 7.50. The second kappa shape index (κ2) is 20.3. The molecule has 312 valence electrons. The van der Waals surface area contributed by atoms with Gasteiger partial charge in [0.2, 0.25) is 17.7 Å². The molecule has 2 aliphatic rings. The Morgan fingerprint density at radius 3 is 2.34 bits per heavy atom. The second-order valence-corrected chi connectivity index (χ2v) is 17.8. The van der Waals surface area contributed by atoms with E-state index in [-0.39, 0.29) is 30.7 Å². The quantitative estimate of drug-likeness (QED) is 0.0815. The van der Waals surface area contributed by atoms with Crippen LogP contribution in [0.3, 0.4) is 0 Å². The monoisotopic (exact) mass is 859 g/mol. The lowest BCUT2D eigenvalue weighted by Crippen LogP contribution is -2.56. The van der Waals surface area contributed by atoms with Gasteiger partial charge in [-0.25, -0.2) is 4.98 Å². The van der Waals surface area contributed by atoms with Gasteiger partial charge in [-0.05, 0) is 115 Å². The van der Waals surface area contributed by atoms with Crippen molar-refractivity contribution in [3.05, 3.63) is 112 Å². The van der Waals surface area contributed by atoms with Crippen LogP contribution in [0.2, 0.25) is 5.02 Å². The molecule has 0 unspecified atom stereocenters. The molecule has 2 heterocycles. The lowest BCUT2D eigenvalue weighted by Gasteiger charge is -2.32. The third kappa shape index (κ3) is 10.9. The van der Waals surface area contributed by atoms with Crippen LogP contribution >= 0.6 is 31.0 Å². The zero-order chi connectivity index (χ0) is 42.1. The predicted molar refractivity (Wildman–Crippen MR) is 232 cm³/mol. The van der Waals surface area contributed by atoms with Gasteiger partial charge in [0.15, 0.2) is 0 Å². The van der Waals surface area contributed by atoms with Crippen molar-refractivity contribution >= 4 is 59.6 Å². The largest absolute Gasteiger partial charge is 0.356 e. The number of carbonyl (C=O) groups is 3. The van der Waals surface area contributed by atoms with E-state index in [0.717, 1.165) is 22.3 Å². The summed E-state index contributed by atoms with van der Waals surface area (Å²) in [6.07, 6.45) is 7.23. The lowest BCUT2D eigenvalue weighted by atomic mass is 9.97. The molecule has 0 spiro atoms. The van der Waals surface area contributed by atoms with Crippen molar-refractivity contribution < 1.29 is 28.7 Å². The zero-order valence-electron chi connectivity index (χ0n) is 32.9. The molecule has 0 radical (unpaired) electrons. The Balaban J connectivity index is 1.47. The van der Waals surface area contributed by atoms with Crippen LogP contribution in [0.5, 0.6) is 0 Å². The van der Waals surface area contributed by atoms with E-state index in [1.165, 1.54) is 28.8 Å². The maximum atomic E-state index is 14.7. The van der Waals surface area contributed by atoms with Crippen molar-refractivity contribution in [2.75, 3.05) is 20.1 Å². The number of aromatic nitrogens is 1. The van der Waals surface area contributed by atoms with Crippen LogP contribution in [0.25, 0.3) is 16.7 Å². The third-order valence-corrected chi connectivity index (χ3v) is 13.4. The Labute approximate surface area is 353 Å². The highest BCUT2D eigenvalue weighted by atomic mass is 35.5. The number of hydrogen-bond acceptors (Lipinski definition) is 9. The second-order valence-electron chi connectivity index (χ2n) is 14.8. The predicted octanol–water partition coefficient (Wildman–Crippen LogP) is 4.65. The Morgan fingerprint density at radius 1 is 0.864 bits per heavy atom. The van der Waals surface area contributed by atoms with Gasteiger partial charge in [0.25, 0.3) is 0 Å². The molecular formula is C43H51ClN7O6PS. The molecule has 1 aliphatic carbocycles. The van der Waals surface area contributed by atoms with E-state index in [1.54, 1.807) is 37.5 Å². The van der Waals surface area contributed by atoms with Crippen LogP contribution in [-0.4, -0.2) is 75.7 Å². The molecule has 0 bridgehead atoms. The van der Waals surface area contributed by atoms with Crippen LogP contribution < -0.4 is 32.7 Å². The van der Waals surface area contributed by atoms with Gasteiger partial charge >= 0.3 is 7.60 Å². The molecule has 0 saturated heterocycles. The summed E-state index contributed by atoms with van der Waals surface area (Å²) in [7, 11) is -2.90. The maximum absolute atomic E-state index is 14.7. The van der Waals surface area contributed by atoms with Gasteiger partial charge in [0.1, 0.15) is 17.1 Å². The summed E-state index contributed by atoms with van der Waals surface area (Å²) in [5, 5.41) is 10.4. The Hall–Kier alpha value is -4.37. The number of carbonyl (C=O) groups excluding carboxylic acids is 3. The molecular weight excluding hydrogens is 809 g/mol. The number of hydrogen-bond donors (Lipinski definition) is 7. The molecule has 16 heteroatoms. The molecule has 1 aromatic heterocycles. The number of fused-ring (bicyclic) bond motifs is 3. The molecule has 6 rings (SSSR count). The number of likely N-dealkylation sites (N-methyl/N-ethyl adjacent to an activating group) is 1. The van der Waals surface area contributed by atoms with Crippen LogP contribution in [0.1, 0.15) is 60.8 Å². The number of nitrogens with two attached hydrogens (primary N) is 2. The summed E-state index contributed by atoms with van der Waals surface area (Å²) in [4.78, 5) is 69.8. The molecule has 0 saturated carbocycles. The molecule has 4 aromatic rings. The summed E-state index contributed by atoms with van der Waals surface area (Å²) in [6.45, 7) is 1.05. The molecule has 3 amide bonds. The molecule has 3 atom stereocenters. The van der Waals surface area contributed by atoms with Crippen molar-refractivity contribution in [2.45, 2.75) is 86.1 Å². The SMILES string of the molecule is CN1C(=O)[C@H](CCCCN)NC(=O)[C@H](CCCN)NCc2cccnc2Sc2c(Cl)ccc(-c3ccc(P(=O)(O)O)cc3)c2CNC(=O)[C@@H]1CC1=CCc2ccccc21. The highest BCUT2D eigenvalue weighted by Gasteiger charge is 2.35. The number of pyridine rings is 1. The molecule has 59 heavy (non-hydrogen) atoms. The molecule has 0 fully saturated rings. The first-order valence-electron chi connectivity index (χ1n) is 19.7. The van der Waals surface area contributed by atoms with Gasteiger partial charge in [-0.1, -0.05) is 78.0 Å². The summed E-state index contributed by atoms with van der Waals surface area (Å²) in [5.41, 5.74) is 17.6. The summed E-state index contributed by atoms with van der Waals surface area (Å²) >= 11 is 8.31. The van der Waals surface area contributed by atoms with Gasteiger partial charge in [-0.2, -0.15) is 0 Å². The Morgan fingerprint density at radius 2 is 1.59 bits per heavy atom. The first-order chi connectivity index (χ1) is 28.4. The van der Waals surface area contributed by atoms with Crippen molar-refractivity contribution in [2.24, 2.45) is 11.5 Å². The number of nitrogens with zero attached hydrogens (tertiary/aromatic N) is 2. The van der Waals surface area contributed by atoms with E-state index < -0.39 is 37.5 Å². The zero-order valence-corrected chi connectivity index (χ0v) is 35.4. The molecule has 9 N–H and O–H groups in total. The van der Waals surface area contributed by atoms with Crippen LogP contribution in [0.15, 0.2) is 95.0 Å². The molecule has 1 aliphatic heterocycles. The first kappa shape index (κ1) is 44.2. The topological polar surface area (TPSA) is 213 Å². The summed E-state index contributed by atoms with van der Waals surface area (Å²) in [5.74, 6) is -1.16. The number of nitrogens with one attached hydrogen (secondary N) is 3. The standard InChI is InChI=1S/C43H51ClN7O6PS/c1-51-38(24-29-14-13-27-8-2-3-10-32(27)29)41(53)49-26-34-33(28-15-17-31(18-16-28)58(55,56)57)19-20-35(44)39(34)59-42-30(9-7-23-47-42)25-48-36(12-6-22-46)40(52)50-37(43(51)54)11-4-5-21-45/h2-3,7-10,14-20,23,36-38,48H,4-6,11-13,21-22,24-26,45-46H2,1H3,(H,49,53)(H,50,52)(H2,55,56,57)/t36-,37-,38-/m0/s1. The first-order valence-corrected chi connectivity index (χ1v) is 22.6. The van der Waals surface area contributed by atoms with E-state index in [9.17, 15) is 28.7 Å². The minimum absolute atomic E-state index is 0.0102. The number of allylic oxidation sites excluding steroid dienone is 1. The third-order valence-electron chi connectivity index (χ3n) is 10.8. The normalized spacial score (nSPS) is 19.2. The Bertz CT molecular complexity index is 2240.